The summed E-state index contributed by atoms with van der Waals surface area (Å²) in [7, 11) is 0. The van der Waals surface area contributed by atoms with Crippen molar-refractivity contribution in [1.82, 2.24) is 5.32 Å². The lowest BCUT2D eigenvalue weighted by molar-refractivity contribution is -0.150. The summed E-state index contributed by atoms with van der Waals surface area (Å²) in [6, 6.07) is 16.2. The largest absolute Gasteiger partial charge is 0.463 e. The first kappa shape index (κ1) is 30.7. The van der Waals surface area contributed by atoms with Gasteiger partial charge in [-0.3, -0.25) is 19.2 Å². The van der Waals surface area contributed by atoms with Crippen LogP contribution in [0.5, 0.6) is 0 Å². The topological polar surface area (TPSA) is 98.8 Å². The fourth-order valence-electron chi connectivity index (χ4n) is 4.36. The first-order chi connectivity index (χ1) is 18.1. The van der Waals surface area contributed by atoms with Gasteiger partial charge in [0.1, 0.15) is 18.8 Å². The van der Waals surface area contributed by atoms with Crippen molar-refractivity contribution in [1.29, 1.82) is 0 Å². The van der Waals surface area contributed by atoms with E-state index in [0.29, 0.717) is 12.8 Å². The summed E-state index contributed by atoms with van der Waals surface area (Å²) in [5.41, 5.74) is 3.14. The molecule has 7 nitrogen and oxygen atoms in total. The van der Waals surface area contributed by atoms with Gasteiger partial charge in [0.15, 0.2) is 5.78 Å². The molecule has 0 aliphatic heterocycles. The summed E-state index contributed by atoms with van der Waals surface area (Å²) in [4.78, 5) is 47.0. The molecule has 0 aliphatic rings. The van der Waals surface area contributed by atoms with Gasteiger partial charge in [0.05, 0.1) is 0 Å². The molecule has 0 spiro atoms. The molecule has 2 aromatic rings. The molecule has 0 aromatic heterocycles. The number of hydrogen-bond acceptors (Lipinski definition) is 6. The van der Waals surface area contributed by atoms with Crippen LogP contribution in [0.3, 0.4) is 0 Å². The molecule has 2 rings (SSSR count). The number of carbonyl (C=O) groups excluding carboxylic acids is 4. The number of aryl methyl sites for hydroxylation is 1. The van der Waals surface area contributed by atoms with Gasteiger partial charge in [-0.25, -0.2) is 0 Å². The van der Waals surface area contributed by atoms with Crippen LogP contribution in [-0.4, -0.2) is 42.4 Å². The van der Waals surface area contributed by atoms with Crippen molar-refractivity contribution in [3.63, 3.8) is 0 Å². The lowest BCUT2D eigenvalue weighted by atomic mass is 9.92. The first-order valence-corrected chi connectivity index (χ1v) is 13.4. The Morgan fingerprint density at radius 1 is 0.737 bits per heavy atom. The molecular formula is C31H41NO6. The first-order valence-electron chi connectivity index (χ1n) is 13.4. The molecule has 0 bridgehead atoms. The minimum Gasteiger partial charge on any atom is -0.463 e. The summed E-state index contributed by atoms with van der Waals surface area (Å²) in [6.45, 7) is 6.00. The van der Waals surface area contributed by atoms with E-state index < -0.39 is 17.5 Å². The van der Waals surface area contributed by atoms with Gasteiger partial charge in [0.2, 0.25) is 5.91 Å². The Hall–Kier alpha value is -3.48. The van der Waals surface area contributed by atoms with Gasteiger partial charge in [0.25, 0.3) is 0 Å². The summed E-state index contributed by atoms with van der Waals surface area (Å²) >= 11 is 0. The van der Waals surface area contributed by atoms with Crippen LogP contribution in [0.4, 0.5) is 0 Å². The predicted octanol–water partition coefficient (Wildman–Crippen LogP) is 5.83. The Morgan fingerprint density at radius 3 is 1.79 bits per heavy atom. The second-order valence-corrected chi connectivity index (χ2v) is 9.88. The molecule has 0 saturated carbocycles. The van der Waals surface area contributed by atoms with Gasteiger partial charge in [-0.2, -0.15) is 0 Å². The van der Waals surface area contributed by atoms with Crippen LogP contribution in [0.15, 0.2) is 48.5 Å². The number of ether oxygens (including phenoxy) is 2. The molecule has 7 heteroatoms. The molecule has 0 heterocycles. The highest BCUT2D eigenvalue weighted by molar-refractivity contribution is 5.96. The van der Waals surface area contributed by atoms with Gasteiger partial charge in [-0.05, 0) is 42.4 Å². The molecule has 0 atom stereocenters. The quantitative estimate of drug-likeness (QED) is 0.169. The van der Waals surface area contributed by atoms with Gasteiger partial charge in [0, 0.05) is 32.8 Å². The van der Waals surface area contributed by atoms with Crippen LogP contribution in [0.25, 0.3) is 11.1 Å². The van der Waals surface area contributed by atoms with Crippen LogP contribution < -0.4 is 5.32 Å². The normalized spacial score (nSPS) is 11.1. The third kappa shape index (κ3) is 10.9. The number of esters is 2. The maximum atomic E-state index is 12.3. The number of hydrogen-bond donors (Lipinski definition) is 1. The van der Waals surface area contributed by atoms with E-state index in [1.807, 2.05) is 24.3 Å². The zero-order valence-electron chi connectivity index (χ0n) is 23.1. The number of carbonyl (C=O) groups is 4. The Bertz CT molecular complexity index is 1040. The molecule has 2 aromatic carbocycles. The van der Waals surface area contributed by atoms with E-state index in [1.165, 1.54) is 26.3 Å². The Morgan fingerprint density at radius 2 is 1.29 bits per heavy atom. The van der Waals surface area contributed by atoms with Crippen molar-refractivity contribution in [3.05, 3.63) is 59.7 Å². The molecule has 206 valence electrons. The van der Waals surface area contributed by atoms with E-state index in [9.17, 15) is 19.2 Å². The predicted molar refractivity (Wildman–Crippen MR) is 148 cm³/mol. The molecule has 1 N–H and O–H groups in total. The fraction of sp³-hybridized carbons (Fsp3) is 0.484. The summed E-state index contributed by atoms with van der Waals surface area (Å²) in [5.74, 6) is -1.01. The number of Topliss-reactive ketones (excluding diaryl/α,β-unsaturated/α-hetero) is 1. The minimum atomic E-state index is -0.962. The van der Waals surface area contributed by atoms with Crippen molar-refractivity contribution in [2.75, 3.05) is 13.2 Å². The van der Waals surface area contributed by atoms with Crippen molar-refractivity contribution in [3.8, 4) is 11.1 Å². The highest BCUT2D eigenvalue weighted by atomic mass is 16.5. The number of benzene rings is 2. The smallest absolute Gasteiger partial charge is 0.302 e. The van der Waals surface area contributed by atoms with Crippen LogP contribution in [0, 0.1) is 0 Å². The molecule has 0 fully saturated rings. The standard InChI is InChI=1S/C31H41NO6/c1-5-6-7-11-30(36)29-18-16-28(17-19-29)27-14-12-26(13-15-27)10-8-9-20-31(32-23(2)33,21-37-24(3)34)22-38-25(4)35/h12-19H,5-11,20-22H2,1-4H3,(H,32,33). The molecule has 0 saturated heterocycles. The number of unbranched alkanes of at least 4 members (excludes halogenated alkanes) is 3. The van der Waals surface area contributed by atoms with Crippen molar-refractivity contribution < 1.29 is 28.7 Å². The van der Waals surface area contributed by atoms with Gasteiger partial charge in [-0.1, -0.05) is 74.7 Å². The third-order valence-electron chi connectivity index (χ3n) is 6.42. The second-order valence-electron chi connectivity index (χ2n) is 9.88. The lowest BCUT2D eigenvalue weighted by Crippen LogP contribution is -2.55. The Balaban J connectivity index is 1.94. The van der Waals surface area contributed by atoms with Gasteiger partial charge >= 0.3 is 11.9 Å². The number of rotatable bonds is 16. The minimum absolute atomic E-state index is 0.0625. The third-order valence-corrected chi connectivity index (χ3v) is 6.42. The number of nitrogens with one attached hydrogen (secondary N) is 1. The van der Waals surface area contributed by atoms with Crippen molar-refractivity contribution in [2.24, 2.45) is 0 Å². The number of amides is 1. The molecule has 1 amide bonds. The second kappa shape index (κ2) is 15.7. The van der Waals surface area contributed by atoms with Crippen molar-refractivity contribution in [2.45, 2.75) is 84.6 Å². The van der Waals surface area contributed by atoms with Crippen LogP contribution in [0.1, 0.15) is 88.6 Å². The molecule has 38 heavy (non-hydrogen) atoms. The molecule has 0 aliphatic carbocycles. The maximum absolute atomic E-state index is 12.3. The highest BCUT2D eigenvalue weighted by Gasteiger charge is 2.33. The Kier molecular flexibility index (Phi) is 12.7. The van der Waals surface area contributed by atoms with Crippen LogP contribution >= 0.6 is 0 Å². The average Bonchev–Trinajstić information content (AvgIpc) is 2.89. The number of ketones is 1. The summed E-state index contributed by atoms with van der Waals surface area (Å²) in [6.07, 6.45) is 6.62. The van der Waals surface area contributed by atoms with E-state index in [-0.39, 0.29) is 24.9 Å². The lowest BCUT2D eigenvalue weighted by Gasteiger charge is -2.33. The van der Waals surface area contributed by atoms with E-state index in [4.69, 9.17) is 9.47 Å². The van der Waals surface area contributed by atoms with E-state index in [0.717, 1.165) is 55.2 Å². The highest BCUT2D eigenvalue weighted by Crippen LogP contribution is 2.23. The monoisotopic (exact) mass is 523 g/mol. The maximum Gasteiger partial charge on any atom is 0.302 e. The molecular weight excluding hydrogens is 482 g/mol. The van der Waals surface area contributed by atoms with E-state index in [2.05, 4.69) is 36.5 Å². The zero-order chi connectivity index (χ0) is 28.0. The summed E-state index contributed by atoms with van der Waals surface area (Å²) in [5, 5.41) is 2.84. The van der Waals surface area contributed by atoms with E-state index >= 15 is 0 Å². The molecule has 0 unspecified atom stereocenters. The fourth-order valence-corrected chi connectivity index (χ4v) is 4.36. The Labute approximate surface area is 226 Å². The van der Waals surface area contributed by atoms with Crippen LogP contribution in [0.2, 0.25) is 0 Å². The van der Waals surface area contributed by atoms with Crippen molar-refractivity contribution >= 4 is 23.6 Å². The van der Waals surface area contributed by atoms with E-state index in [1.54, 1.807) is 0 Å². The summed E-state index contributed by atoms with van der Waals surface area (Å²) < 4.78 is 10.4. The average molecular weight is 524 g/mol. The SMILES string of the molecule is CCCCCC(=O)c1ccc(-c2ccc(CCCCC(COC(C)=O)(COC(C)=O)NC(C)=O)cc2)cc1. The van der Waals surface area contributed by atoms with Gasteiger partial charge < -0.3 is 14.8 Å². The van der Waals surface area contributed by atoms with Gasteiger partial charge in [-0.15, -0.1) is 0 Å². The molecule has 0 radical (unpaired) electrons. The van der Waals surface area contributed by atoms with Crippen LogP contribution in [-0.2, 0) is 30.3 Å². The zero-order valence-corrected chi connectivity index (χ0v) is 23.1.